The monoisotopic (exact) mass is 318 g/mol. The number of rotatable bonds is 1. The van der Waals surface area contributed by atoms with E-state index in [1.807, 2.05) is 0 Å². The maximum Gasteiger partial charge on any atom is 0.302 e. The molecule has 7 atom stereocenters. The van der Waals surface area contributed by atoms with Crippen LogP contribution >= 0.6 is 0 Å². The van der Waals surface area contributed by atoms with E-state index in [4.69, 9.17) is 4.74 Å². The molecule has 0 heterocycles. The molecule has 1 N–H and O–H groups in total. The Morgan fingerprint density at radius 2 is 2.04 bits per heavy atom. The van der Waals surface area contributed by atoms with Crippen LogP contribution in [0.25, 0.3) is 0 Å². The zero-order chi connectivity index (χ0) is 16.2. The van der Waals surface area contributed by atoms with Crippen LogP contribution in [0.2, 0.25) is 0 Å². The van der Waals surface area contributed by atoms with Crippen LogP contribution in [0.4, 0.5) is 0 Å². The van der Waals surface area contributed by atoms with Gasteiger partial charge in [-0.2, -0.15) is 0 Å². The molecule has 0 amide bonds. The number of hydrogen-bond donors (Lipinski definition) is 1. The average molecular weight is 318 g/mol. The molecule has 4 aliphatic carbocycles. The second-order valence-electron chi connectivity index (χ2n) is 8.71. The van der Waals surface area contributed by atoms with Crippen LogP contribution in [0.15, 0.2) is 11.6 Å². The SMILES string of the molecule is CC(=O)OC1CCC2C3CC=C4C[C@@H](O)CCC4C3CC[C@]12C. The smallest absolute Gasteiger partial charge is 0.302 e. The van der Waals surface area contributed by atoms with Crippen LogP contribution in [0.1, 0.15) is 65.2 Å². The summed E-state index contributed by atoms with van der Waals surface area (Å²) in [5, 5.41) is 9.96. The topological polar surface area (TPSA) is 46.5 Å². The largest absolute Gasteiger partial charge is 0.462 e. The van der Waals surface area contributed by atoms with Crippen molar-refractivity contribution in [1.82, 2.24) is 0 Å². The highest BCUT2D eigenvalue weighted by atomic mass is 16.5. The van der Waals surface area contributed by atoms with Crippen molar-refractivity contribution in [3.63, 3.8) is 0 Å². The van der Waals surface area contributed by atoms with Gasteiger partial charge in [0.15, 0.2) is 0 Å². The van der Waals surface area contributed by atoms with Crippen LogP contribution in [0, 0.1) is 29.1 Å². The first-order chi connectivity index (χ1) is 11.0. The molecule has 0 aromatic heterocycles. The van der Waals surface area contributed by atoms with Crippen molar-refractivity contribution in [1.29, 1.82) is 0 Å². The third-order valence-corrected chi connectivity index (χ3v) is 7.64. The minimum absolute atomic E-state index is 0.109. The van der Waals surface area contributed by atoms with Gasteiger partial charge in [0, 0.05) is 12.3 Å². The van der Waals surface area contributed by atoms with E-state index in [1.54, 1.807) is 12.5 Å². The predicted molar refractivity (Wildman–Crippen MR) is 88.6 cm³/mol. The highest BCUT2D eigenvalue weighted by molar-refractivity contribution is 5.66. The highest BCUT2D eigenvalue weighted by Gasteiger charge is 2.57. The Morgan fingerprint density at radius 3 is 2.83 bits per heavy atom. The van der Waals surface area contributed by atoms with Crippen molar-refractivity contribution in [3.05, 3.63) is 11.6 Å². The molecule has 4 rings (SSSR count). The Kier molecular flexibility index (Phi) is 3.83. The Balaban J connectivity index is 1.57. The standard InChI is InChI=1S/C20H30O3/c1-12(21)23-19-8-7-18-17-5-3-13-11-14(22)4-6-15(13)16(17)9-10-20(18,19)2/h3,14-19,22H,4-11H2,1-2H3/t14-,15?,16?,17?,18?,19?,20-/m0/s1. The predicted octanol–water partition coefficient (Wildman–Crippen LogP) is 3.85. The van der Waals surface area contributed by atoms with E-state index in [0.717, 1.165) is 37.0 Å². The molecular formula is C20H30O3. The van der Waals surface area contributed by atoms with E-state index in [-0.39, 0.29) is 23.6 Å². The van der Waals surface area contributed by atoms with E-state index in [2.05, 4.69) is 13.0 Å². The molecule has 0 radical (unpaired) electrons. The lowest BCUT2D eigenvalue weighted by Crippen LogP contribution is -2.48. The normalized spacial score (nSPS) is 48.7. The summed E-state index contributed by atoms with van der Waals surface area (Å²) in [5.41, 5.74) is 1.73. The molecule has 23 heavy (non-hydrogen) atoms. The van der Waals surface area contributed by atoms with Crippen LogP contribution in [-0.4, -0.2) is 23.3 Å². The summed E-state index contributed by atoms with van der Waals surface area (Å²) in [4.78, 5) is 11.5. The molecule has 3 heteroatoms. The number of allylic oxidation sites excluding steroid dienone is 1. The third-order valence-electron chi connectivity index (χ3n) is 7.64. The van der Waals surface area contributed by atoms with Gasteiger partial charge in [-0.3, -0.25) is 4.79 Å². The lowest BCUT2D eigenvalue weighted by atomic mass is 9.53. The first kappa shape index (κ1) is 15.7. The average Bonchev–Trinajstić information content (AvgIpc) is 2.83. The van der Waals surface area contributed by atoms with Crippen LogP contribution in [-0.2, 0) is 9.53 Å². The number of aliphatic hydroxyl groups excluding tert-OH is 1. The molecule has 3 nitrogen and oxygen atoms in total. The van der Waals surface area contributed by atoms with Crippen LogP contribution in [0.3, 0.4) is 0 Å². The molecular weight excluding hydrogens is 288 g/mol. The fourth-order valence-corrected chi connectivity index (χ4v) is 6.60. The van der Waals surface area contributed by atoms with Gasteiger partial charge in [0.2, 0.25) is 0 Å². The van der Waals surface area contributed by atoms with Crippen molar-refractivity contribution in [2.45, 2.75) is 77.4 Å². The Morgan fingerprint density at radius 1 is 1.22 bits per heavy atom. The van der Waals surface area contributed by atoms with E-state index in [1.165, 1.54) is 32.1 Å². The number of aliphatic hydroxyl groups is 1. The fourth-order valence-electron chi connectivity index (χ4n) is 6.60. The maximum atomic E-state index is 11.5. The number of esters is 1. The second-order valence-corrected chi connectivity index (χ2v) is 8.71. The minimum Gasteiger partial charge on any atom is -0.462 e. The summed E-state index contributed by atoms with van der Waals surface area (Å²) in [6, 6.07) is 0. The summed E-state index contributed by atoms with van der Waals surface area (Å²) in [6.45, 7) is 3.92. The third kappa shape index (κ3) is 2.47. The van der Waals surface area contributed by atoms with E-state index in [9.17, 15) is 9.90 Å². The summed E-state index contributed by atoms with van der Waals surface area (Å²) in [6.07, 6.45) is 11.4. The van der Waals surface area contributed by atoms with Gasteiger partial charge >= 0.3 is 5.97 Å². The number of hydrogen-bond acceptors (Lipinski definition) is 3. The minimum atomic E-state index is -0.119. The summed E-state index contributed by atoms with van der Waals surface area (Å²) < 4.78 is 5.70. The second kappa shape index (κ2) is 5.61. The van der Waals surface area contributed by atoms with Crippen molar-refractivity contribution in [2.75, 3.05) is 0 Å². The number of fused-ring (bicyclic) bond motifs is 5. The van der Waals surface area contributed by atoms with Crippen LogP contribution < -0.4 is 0 Å². The molecule has 0 aliphatic heterocycles. The zero-order valence-corrected chi connectivity index (χ0v) is 14.5. The Hall–Kier alpha value is -0.830. The fraction of sp³-hybridized carbons (Fsp3) is 0.850. The summed E-state index contributed by atoms with van der Waals surface area (Å²) in [7, 11) is 0. The molecule has 0 saturated heterocycles. The quantitative estimate of drug-likeness (QED) is 0.590. The number of ether oxygens (including phenoxy) is 1. The van der Waals surface area contributed by atoms with Crippen molar-refractivity contribution in [2.24, 2.45) is 29.1 Å². The molecule has 3 saturated carbocycles. The maximum absolute atomic E-state index is 11.5. The van der Waals surface area contributed by atoms with Crippen molar-refractivity contribution >= 4 is 5.97 Å². The molecule has 0 aromatic carbocycles. The molecule has 0 spiro atoms. The first-order valence-corrected chi connectivity index (χ1v) is 9.53. The van der Waals surface area contributed by atoms with Gasteiger partial charge in [0.25, 0.3) is 0 Å². The Bertz CT molecular complexity index is 525. The number of carbonyl (C=O) groups is 1. The number of carbonyl (C=O) groups excluding carboxylic acids is 1. The van der Waals surface area contributed by atoms with Gasteiger partial charge in [-0.25, -0.2) is 0 Å². The van der Waals surface area contributed by atoms with Gasteiger partial charge in [-0.15, -0.1) is 0 Å². The molecule has 4 aliphatic rings. The van der Waals surface area contributed by atoms with E-state index >= 15 is 0 Å². The lowest BCUT2D eigenvalue weighted by Gasteiger charge is -2.53. The lowest BCUT2D eigenvalue weighted by molar-refractivity contribution is -0.155. The van der Waals surface area contributed by atoms with E-state index in [0.29, 0.717) is 5.92 Å². The van der Waals surface area contributed by atoms with Gasteiger partial charge < -0.3 is 9.84 Å². The van der Waals surface area contributed by atoms with Gasteiger partial charge in [-0.05, 0) is 75.0 Å². The Labute approximate surface area is 139 Å². The van der Waals surface area contributed by atoms with Crippen molar-refractivity contribution < 1.29 is 14.6 Å². The molecule has 5 unspecified atom stereocenters. The zero-order valence-electron chi connectivity index (χ0n) is 14.5. The van der Waals surface area contributed by atoms with Gasteiger partial charge in [-0.1, -0.05) is 18.6 Å². The molecule has 0 aromatic rings. The van der Waals surface area contributed by atoms with Gasteiger partial charge in [0.05, 0.1) is 6.10 Å². The molecule has 128 valence electrons. The van der Waals surface area contributed by atoms with E-state index < -0.39 is 0 Å². The summed E-state index contributed by atoms with van der Waals surface area (Å²) >= 11 is 0. The highest BCUT2D eigenvalue weighted by Crippen LogP contribution is 2.61. The first-order valence-electron chi connectivity index (χ1n) is 9.53. The van der Waals surface area contributed by atoms with Gasteiger partial charge in [0.1, 0.15) is 6.10 Å². The summed E-state index contributed by atoms with van der Waals surface area (Å²) in [5.74, 6) is 2.87. The van der Waals surface area contributed by atoms with Crippen LogP contribution in [0.5, 0.6) is 0 Å². The molecule has 3 fully saturated rings. The van der Waals surface area contributed by atoms with Crippen molar-refractivity contribution in [3.8, 4) is 0 Å². The molecule has 0 bridgehead atoms.